The monoisotopic (exact) mass is 276 g/mol. The maximum absolute atomic E-state index is 3.30. The predicted molar refractivity (Wildman–Crippen MR) is 79.1 cm³/mol. The summed E-state index contributed by atoms with van der Waals surface area (Å²) in [5.74, 6) is 2.77. The molecule has 0 fully saturated rings. The molecule has 0 bridgehead atoms. The van der Waals surface area contributed by atoms with E-state index in [0.717, 1.165) is 19.4 Å². The van der Waals surface area contributed by atoms with Crippen LogP contribution in [0.2, 0.25) is 0 Å². The van der Waals surface area contributed by atoms with Crippen LogP contribution in [0.1, 0.15) is 44.3 Å². The molecule has 0 aliphatic rings. The lowest BCUT2D eigenvalue weighted by atomic mass is 10.1. The zero-order chi connectivity index (χ0) is 14.4. The van der Waals surface area contributed by atoms with Gasteiger partial charge in [0.1, 0.15) is 24.8 Å². The Morgan fingerprint density at radius 3 is 2.55 bits per heavy atom. The van der Waals surface area contributed by atoms with Crippen molar-refractivity contribution in [3.8, 4) is 0 Å². The van der Waals surface area contributed by atoms with E-state index in [-0.39, 0.29) is 0 Å². The molecule has 1 N–H and O–H groups in total. The lowest BCUT2D eigenvalue weighted by Gasteiger charge is -2.02. The van der Waals surface area contributed by atoms with Crippen LogP contribution in [0.3, 0.4) is 0 Å². The molecule has 0 spiro atoms. The van der Waals surface area contributed by atoms with Crippen LogP contribution < -0.4 is 9.13 Å². The highest BCUT2D eigenvalue weighted by Crippen LogP contribution is 2.06. The first-order valence-corrected chi connectivity index (χ1v) is 7.78. The molecule has 2 aromatic heterocycles. The Hall–Kier alpha value is -1.58. The summed E-state index contributed by atoms with van der Waals surface area (Å²) in [6.07, 6.45) is 15.8. The van der Waals surface area contributed by atoms with Gasteiger partial charge in [-0.15, -0.1) is 0 Å². The van der Waals surface area contributed by atoms with Gasteiger partial charge in [0.25, 0.3) is 11.6 Å². The normalized spacial score (nSPS) is 11.2. The SMILES string of the molecule is CCCCn1cc[n+](C)c1CCCCc1[nH]cc[n+]1C. The third-order valence-electron chi connectivity index (χ3n) is 4.00. The minimum atomic E-state index is 1.13. The maximum Gasteiger partial charge on any atom is 0.256 e. The molecule has 0 saturated heterocycles. The van der Waals surface area contributed by atoms with Gasteiger partial charge in [0.05, 0.1) is 20.6 Å². The van der Waals surface area contributed by atoms with Gasteiger partial charge in [0, 0.05) is 12.8 Å². The molecule has 0 aliphatic carbocycles. The molecule has 4 nitrogen and oxygen atoms in total. The Labute approximate surface area is 122 Å². The number of nitrogens with one attached hydrogen (secondary N) is 1. The van der Waals surface area contributed by atoms with Crippen molar-refractivity contribution >= 4 is 0 Å². The Balaban J connectivity index is 1.81. The second kappa shape index (κ2) is 7.27. The smallest absolute Gasteiger partial charge is 0.248 e. The number of aryl methyl sites for hydroxylation is 4. The second-order valence-corrected chi connectivity index (χ2v) is 5.60. The number of H-pyrrole nitrogens is 1. The lowest BCUT2D eigenvalue weighted by molar-refractivity contribution is -0.679. The predicted octanol–water partition coefficient (Wildman–Crippen LogP) is 1.83. The molecule has 2 rings (SSSR count). The molecule has 0 atom stereocenters. The first-order chi connectivity index (χ1) is 9.72. The minimum absolute atomic E-state index is 1.13. The summed E-state index contributed by atoms with van der Waals surface area (Å²) in [4.78, 5) is 3.30. The highest BCUT2D eigenvalue weighted by molar-refractivity contribution is 4.85. The van der Waals surface area contributed by atoms with Crippen LogP contribution in [-0.2, 0) is 33.5 Å². The molecule has 4 heteroatoms. The number of aromatic nitrogens is 4. The average Bonchev–Trinajstić information content (AvgIpc) is 3.00. The van der Waals surface area contributed by atoms with E-state index in [0.29, 0.717) is 0 Å². The summed E-state index contributed by atoms with van der Waals surface area (Å²) in [5.41, 5.74) is 0. The van der Waals surface area contributed by atoms with Crippen LogP contribution in [0.5, 0.6) is 0 Å². The lowest BCUT2D eigenvalue weighted by Crippen LogP contribution is -2.32. The van der Waals surface area contributed by atoms with Gasteiger partial charge in [-0.2, -0.15) is 0 Å². The van der Waals surface area contributed by atoms with Crippen LogP contribution in [0, 0.1) is 0 Å². The third-order valence-corrected chi connectivity index (χ3v) is 4.00. The number of nitrogens with zero attached hydrogens (tertiary/aromatic N) is 3. The summed E-state index contributed by atoms with van der Waals surface area (Å²) >= 11 is 0. The Morgan fingerprint density at radius 2 is 1.85 bits per heavy atom. The zero-order valence-corrected chi connectivity index (χ0v) is 13.1. The number of hydrogen-bond donors (Lipinski definition) is 1. The minimum Gasteiger partial charge on any atom is -0.248 e. The first kappa shape index (κ1) is 14.8. The van der Waals surface area contributed by atoms with Crippen molar-refractivity contribution in [2.24, 2.45) is 14.1 Å². The van der Waals surface area contributed by atoms with Crippen LogP contribution >= 0.6 is 0 Å². The molecule has 0 unspecified atom stereocenters. The molecule has 2 aromatic rings. The Bertz CT molecular complexity index is 524. The van der Waals surface area contributed by atoms with E-state index in [4.69, 9.17) is 0 Å². The summed E-state index contributed by atoms with van der Waals surface area (Å²) < 4.78 is 6.85. The van der Waals surface area contributed by atoms with Gasteiger partial charge in [-0.05, 0) is 19.3 Å². The first-order valence-electron chi connectivity index (χ1n) is 7.78. The highest BCUT2D eigenvalue weighted by Gasteiger charge is 2.14. The summed E-state index contributed by atoms with van der Waals surface area (Å²) in [7, 11) is 4.25. The fourth-order valence-electron chi connectivity index (χ4n) is 2.67. The van der Waals surface area contributed by atoms with Crippen molar-refractivity contribution in [3.05, 3.63) is 36.4 Å². The van der Waals surface area contributed by atoms with Crippen molar-refractivity contribution in [1.29, 1.82) is 0 Å². The van der Waals surface area contributed by atoms with E-state index in [1.807, 2.05) is 6.20 Å². The molecule has 20 heavy (non-hydrogen) atoms. The van der Waals surface area contributed by atoms with E-state index >= 15 is 0 Å². The fraction of sp³-hybridized carbons (Fsp3) is 0.625. The molecule has 0 amide bonds. The van der Waals surface area contributed by atoms with Crippen LogP contribution in [0.4, 0.5) is 0 Å². The van der Waals surface area contributed by atoms with Crippen LogP contribution in [0.15, 0.2) is 24.8 Å². The van der Waals surface area contributed by atoms with Gasteiger partial charge in [0.2, 0.25) is 0 Å². The van der Waals surface area contributed by atoms with Gasteiger partial charge in [-0.1, -0.05) is 13.3 Å². The molecule has 0 aliphatic heterocycles. The average molecular weight is 276 g/mol. The number of rotatable bonds is 8. The Kier molecular flexibility index (Phi) is 5.39. The van der Waals surface area contributed by atoms with E-state index in [2.05, 4.69) is 58.3 Å². The molecule has 0 saturated carbocycles. The van der Waals surface area contributed by atoms with Crippen molar-refractivity contribution in [2.75, 3.05) is 0 Å². The third kappa shape index (κ3) is 3.71. The van der Waals surface area contributed by atoms with Crippen molar-refractivity contribution in [1.82, 2.24) is 9.55 Å². The molecular formula is C16H28N4+2. The van der Waals surface area contributed by atoms with Crippen LogP contribution in [-0.4, -0.2) is 9.55 Å². The molecule has 0 radical (unpaired) electrons. The number of hydrogen-bond acceptors (Lipinski definition) is 0. The van der Waals surface area contributed by atoms with Crippen molar-refractivity contribution in [2.45, 2.75) is 52.0 Å². The van der Waals surface area contributed by atoms with Crippen LogP contribution in [0.25, 0.3) is 0 Å². The van der Waals surface area contributed by atoms with Gasteiger partial charge in [0.15, 0.2) is 0 Å². The molecule has 0 aromatic carbocycles. The molecule has 110 valence electrons. The molecular weight excluding hydrogens is 248 g/mol. The number of imidazole rings is 2. The summed E-state index contributed by atoms with van der Waals surface area (Å²) in [6.45, 7) is 3.40. The second-order valence-electron chi connectivity index (χ2n) is 5.60. The van der Waals surface area contributed by atoms with E-state index in [1.54, 1.807) is 0 Å². The maximum atomic E-state index is 3.30. The summed E-state index contributed by atoms with van der Waals surface area (Å²) in [6, 6.07) is 0. The van der Waals surface area contributed by atoms with Gasteiger partial charge in [-0.3, -0.25) is 0 Å². The van der Waals surface area contributed by atoms with Crippen molar-refractivity contribution in [3.63, 3.8) is 0 Å². The fourth-order valence-corrected chi connectivity index (χ4v) is 2.67. The van der Waals surface area contributed by atoms with Gasteiger partial charge in [-0.25, -0.2) is 18.7 Å². The van der Waals surface area contributed by atoms with E-state index < -0.39 is 0 Å². The van der Waals surface area contributed by atoms with Gasteiger partial charge < -0.3 is 0 Å². The van der Waals surface area contributed by atoms with Gasteiger partial charge >= 0.3 is 0 Å². The van der Waals surface area contributed by atoms with E-state index in [1.165, 1.54) is 37.3 Å². The highest BCUT2D eigenvalue weighted by atomic mass is 15.1. The number of aromatic amines is 1. The topological polar surface area (TPSA) is 28.5 Å². The zero-order valence-electron chi connectivity index (χ0n) is 13.1. The quantitative estimate of drug-likeness (QED) is 0.563. The largest absolute Gasteiger partial charge is 0.256 e. The standard InChI is InChI=1S/C16H27N4/c1-4-5-11-20-14-13-19(3)16(20)9-7-6-8-15-17-10-12-18(15)2/h10,12-14H,4-9,11H2,1-3H3/q+1/p+1. The molecule has 2 heterocycles. The van der Waals surface area contributed by atoms with Crippen molar-refractivity contribution < 1.29 is 9.13 Å². The van der Waals surface area contributed by atoms with E-state index in [9.17, 15) is 0 Å². The number of unbranched alkanes of at least 4 members (excludes halogenated alkanes) is 2. The Morgan fingerprint density at radius 1 is 1.05 bits per heavy atom. The summed E-state index contributed by atoms with van der Waals surface area (Å²) in [5, 5.41) is 0.